The predicted molar refractivity (Wildman–Crippen MR) is 92.8 cm³/mol. The van der Waals surface area contributed by atoms with Gasteiger partial charge in [-0.1, -0.05) is 23.2 Å². The van der Waals surface area contributed by atoms with Crippen LogP contribution >= 0.6 is 23.2 Å². The zero-order chi connectivity index (χ0) is 15.9. The van der Waals surface area contributed by atoms with Gasteiger partial charge in [0.05, 0.1) is 10.7 Å². The van der Waals surface area contributed by atoms with Gasteiger partial charge in [-0.15, -0.1) is 0 Å². The van der Waals surface area contributed by atoms with E-state index in [1.54, 1.807) is 18.2 Å². The van der Waals surface area contributed by atoms with E-state index in [1.165, 1.54) is 12.8 Å². The lowest BCUT2D eigenvalue weighted by atomic mass is 9.98. The van der Waals surface area contributed by atoms with Gasteiger partial charge in [0.25, 0.3) is 0 Å². The molecule has 1 amide bonds. The van der Waals surface area contributed by atoms with E-state index < -0.39 is 0 Å². The Morgan fingerprint density at radius 3 is 3.00 bits per heavy atom. The van der Waals surface area contributed by atoms with E-state index in [1.807, 2.05) is 7.05 Å². The van der Waals surface area contributed by atoms with Crippen molar-refractivity contribution in [2.45, 2.75) is 19.3 Å². The molecular weight excluding hydrogens is 321 g/mol. The molecule has 1 heterocycles. The van der Waals surface area contributed by atoms with Crippen LogP contribution in [0.2, 0.25) is 10.0 Å². The van der Waals surface area contributed by atoms with Gasteiger partial charge in [0.15, 0.2) is 0 Å². The molecule has 0 radical (unpaired) electrons. The van der Waals surface area contributed by atoms with E-state index in [4.69, 9.17) is 23.2 Å². The molecule has 0 bridgehead atoms. The standard InChI is InChI=1S/C16H23Cl2N3O/c1-19-10-12-3-2-7-21(11-12)8-6-16(22)20-15-9-13(17)4-5-14(15)18/h4-5,9,12,19H,2-3,6-8,10-11H2,1H3,(H,20,22). The fourth-order valence-corrected chi connectivity index (χ4v) is 3.21. The summed E-state index contributed by atoms with van der Waals surface area (Å²) < 4.78 is 0. The summed E-state index contributed by atoms with van der Waals surface area (Å²) in [4.78, 5) is 14.4. The van der Waals surface area contributed by atoms with Gasteiger partial charge in [0, 0.05) is 24.5 Å². The maximum absolute atomic E-state index is 12.1. The average molecular weight is 344 g/mol. The van der Waals surface area contributed by atoms with Crippen LogP contribution in [-0.2, 0) is 4.79 Å². The molecule has 0 saturated carbocycles. The van der Waals surface area contributed by atoms with Crippen molar-refractivity contribution in [2.24, 2.45) is 5.92 Å². The first-order valence-corrected chi connectivity index (χ1v) is 8.46. The Morgan fingerprint density at radius 1 is 1.41 bits per heavy atom. The Bertz CT molecular complexity index is 508. The molecule has 1 unspecified atom stereocenters. The lowest BCUT2D eigenvalue weighted by Crippen LogP contribution is -2.40. The van der Waals surface area contributed by atoms with Crippen LogP contribution in [0.3, 0.4) is 0 Å². The Balaban J connectivity index is 1.79. The van der Waals surface area contributed by atoms with Crippen LogP contribution < -0.4 is 10.6 Å². The monoisotopic (exact) mass is 343 g/mol. The summed E-state index contributed by atoms with van der Waals surface area (Å²) in [7, 11) is 1.99. The summed E-state index contributed by atoms with van der Waals surface area (Å²) in [5.41, 5.74) is 0.575. The van der Waals surface area contributed by atoms with Crippen molar-refractivity contribution in [3.63, 3.8) is 0 Å². The summed E-state index contributed by atoms with van der Waals surface area (Å²) >= 11 is 12.0. The third-order valence-corrected chi connectivity index (χ3v) is 4.52. The quantitative estimate of drug-likeness (QED) is 0.833. The number of anilines is 1. The Kier molecular flexibility index (Phi) is 6.96. The third-order valence-electron chi connectivity index (χ3n) is 3.95. The fraction of sp³-hybridized carbons (Fsp3) is 0.562. The van der Waals surface area contributed by atoms with Gasteiger partial charge in [-0.3, -0.25) is 4.79 Å². The molecule has 1 atom stereocenters. The summed E-state index contributed by atoms with van der Waals surface area (Å²) in [6, 6.07) is 5.06. The SMILES string of the molecule is CNCC1CCCN(CCC(=O)Nc2cc(Cl)ccc2Cl)C1. The summed E-state index contributed by atoms with van der Waals surface area (Å²) in [6.07, 6.45) is 2.94. The Hall–Kier alpha value is -0.810. The molecule has 1 aromatic rings. The summed E-state index contributed by atoms with van der Waals surface area (Å²) in [5, 5.41) is 7.13. The number of benzene rings is 1. The molecule has 1 aliphatic heterocycles. The molecule has 2 N–H and O–H groups in total. The zero-order valence-electron chi connectivity index (χ0n) is 12.9. The number of carbonyl (C=O) groups is 1. The lowest BCUT2D eigenvalue weighted by molar-refractivity contribution is -0.116. The summed E-state index contributed by atoms with van der Waals surface area (Å²) in [5.74, 6) is 0.657. The van der Waals surface area contributed by atoms with E-state index in [-0.39, 0.29) is 5.91 Å². The molecule has 0 spiro atoms. The smallest absolute Gasteiger partial charge is 0.225 e. The highest BCUT2D eigenvalue weighted by atomic mass is 35.5. The predicted octanol–water partition coefficient (Wildman–Crippen LogP) is 3.25. The first-order chi connectivity index (χ1) is 10.6. The van der Waals surface area contributed by atoms with Crippen LogP contribution in [0.25, 0.3) is 0 Å². The van der Waals surface area contributed by atoms with Crippen LogP contribution in [0.5, 0.6) is 0 Å². The van der Waals surface area contributed by atoms with Crippen LogP contribution in [0.1, 0.15) is 19.3 Å². The molecule has 4 nitrogen and oxygen atoms in total. The van der Waals surface area contributed by atoms with E-state index in [9.17, 15) is 4.79 Å². The number of carbonyl (C=O) groups excluding carboxylic acids is 1. The van der Waals surface area contributed by atoms with Crippen molar-refractivity contribution in [3.8, 4) is 0 Å². The zero-order valence-corrected chi connectivity index (χ0v) is 14.4. The van der Waals surface area contributed by atoms with Gasteiger partial charge in [-0.25, -0.2) is 0 Å². The van der Waals surface area contributed by atoms with Crippen molar-refractivity contribution in [3.05, 3.63) is 28.2 Å². The van der Waals surface area contributed by atoms with Crippen LogP contribution in [0.4, 0.5) is 5.69 Å². The molecule has 2 rings (SSSR count). The number of rotatable bonds is 6. The highest BCUT2D eigenvalue weighted by molar-refractivity contribution is 6.35. The van der Waals surface area contributed by atoms with E-state index >= 15 is 0 Å². The van der Waals surface area contributed by atoms with Crippen molar-refractivity contribution < 1.29 is 4.79 Å². The van der Waals surface area contributed by atoms with Crippen LogP contribution in [-0.4, -0.2) is 44.0 Å². The van der Waals surface area contributed by atoms with Gasteiger partial charge in [0.2, 0.25) is 5.91 Å². The Labute approximate surface area is 142 Å². The molecule has 1 aromatic carbocycles. The second kappa shape index (κ2) is 8.73. The molecule has 122 valence electrons. The number of nitrogens with one attached hydrogen (secondary N) is 2. The maximum atomic E-state index is 12.1. The molecule has 1 fully saturated rings. The van der Waals surface area contributed by atoms with Gasteiger partial charge in [-0.2, -0.15) is 0 Å². The van der Waals surface area contributed by atoms with Gasteiger partial charge < -0.3 is 15.5 Å². The second-order valence-corrected chi connectivity index (χ2v) is 6.63. The van der Waals surface area contributed by atoms with Crippen molar-refractivity contribution in [2.75, 3.05) is 38.5 Å². The van der Waals surface area contributed by atoms with Crippen LogP contribution in [0.15, 0.2) is 18.2 Å². The minimum absolute atomic E-state index is 0.0279. The van der Waals surface area contributed by atoms with E-state index in [2.05, 4.69) is 15.5 Å². The average Bonchev–Trinajstić information content (AvgIpc) is 2.50. The highest BCUT2D eigenvalue weighted by Crippen LogP contribution is 2.25. The summed E-state index contributed by atoms with van der Waals surface area (Å²) in [6.45, 7) is 3.96. The van der Waals surface area contributed by atoms with Crippen molar-refractivity contribution >= 4 is 34.8 Å². The molecule has 0 aromatic heterocycles. The largest absolute Gasteiger partial charge is 0.325 e. The lowest BCUT2D eigenvalue weighted by Gasteiger charge is -2.32. The minimum Gasteiger partial charge on any atom is -0.325 e. The van der Waals surface area contributed by atoms with Gasteiger partial charge in [-0.05, 0) is 57.1 Å². The number of hydrogen-bond donors (Lipinski definition) is 2. The minimum atomic E-state index is -0.0279. The fourth-order valence-electron chi connectivity index (χ4n) is 2.88. The van der Waals surface area contributed by atoms with E-state index in [0.29, 0.717) is 28.1 Å². The molecule has 1 saturated heterocycles. The number of likely N-dealkylation sites (tertiary alicyclic amines) is 1. The molecule has 22 heavy (non-hydrogen) atoms. The molecular formula is C16H23Cl2N3O. The number of piperidine rings is 1. The maximum Gasteiger partial charge on any atom is 0.225 e. The highest BCUT2D eigenvalue weighted by Gasteiger charge is 2.19. The number of nitrogens with zero attached hydrogens (tertiary/aromatic N) is 1. The second-order valence-electron chi connectivity index (χ2n) is 5.79. The first kappa shape index (κ1) is 17.5. The first-order valence-electron chi connectivity index (χ1n) is 7.70. The molecule has 1 aliphatic rings. The Morgan fingerprint density at radius 2 is 2.23 bits per heavy atom. The normalized spacial score (nSPS) is 19.1. The van der Waals surface area contributed by atoms with Crippen molar-refractivity contribution in [1.29, 1.82) is 0 Å². The van der Waals surface area contributed by atoms with Gasteiger partial charge in [0.1, 0.15) is 0 Å². The topological polar surface area (TPSA) is 44.4 Å². The molecule has 0 aliphatic carbocycles. The number of amides is 1. The van der Waals surface area contributed by atoms with E-state index in [0.717, 1.165) is 26.2 Å². The van der Waals surface area contributed by atoms with Crippen molar-refractivity contribution in [1.82, 2.24) is 10.2 Å². The van der Waals surface area contributed by atoms with Crippen LogP contribution in [0, 0.1) is 5.92 Å². The van der Waals surface area contributed by atoms with Gasteiger partial charge >= 0.3 is 0 Å². The molecule has 6 heteroatoms. The third kappa shape index (κ3) is 5.43. The number of hydrogen-bond acceptors (Lipinski definition) is 3. The number of halogens is 2.